The number of amides is 3. The van der Waals surface area contributed by atoms with Crippen LogP contribution in [0.2, 0.25) is 0 Å². The van der Waals surface area contributed by atoms with Gasteiger partial charge in [0.15, 0.2) is 0 Å². The zero-order chi connectivity index (χ0) is 21.8. The van der Waals surface area contributed by atoms with Crippen molar-refractivity contribution in [3.05, 3.63) is 105 Å². The molecule has 0 unspecified atom stereocenters. The molecule has 1 fully saturated rings. The van der Waals surface area contributed by atoms with Crippen molar-refractivity contribution in [2.24, 2.45) is 0 Å². The maximum Gasteiger partial charge on any atom is 0.329 e. The van der Waals surface area contributed by atoms with Gasteiger partial charge in [0.05, 0.1) is 6.54 Å². The Labute approximate surface area is 192 Å². The van der Waals surface area contributed by atoms with Crippen LogP contribution in [0.1, 0.15) is 16.7 Å². The van der Waals surface area contributed by atoms with Gasteiger partial charge in [-0.2, -0.15) is 0 Å². The van der Waals surface area contributed by atoms with Gasteiger partial charge in [-0.1, -0.05) is 36.4 Å². The van der Waals surface area contributed by atoms with E-state index in [0.29, 0.717) is 17.9 Å². The van der Waals surface area contributed by atoms with Gasteiger partial charge in [-0.15, -0.1) is 0 Å². The Balaban J connectivity index is 1.39. The lowest BCUT2D eigenvalue weighted by atomic mass is 10.1. The van der Waals surface area contributed by atoms with Crippen molar-refractivity contribution in [3.63, 3.8) is 0 Å². The summed E-state index contributed by atoms with van der Waals surface area (Å²) in [4.78, 5) is 25.9. The highest BCUT2D eigenvalue weighted by Crippen LogP contribution is 2.20. The molecular weight excluding hydrogens is 510 g/mol. The molecule has 3 aromatic rings. The summed E-state index contributed by atoms with van der Waals surface area (Å²) in [5.74, 6) is -0.0821. The molecule has 0 spiro atoms. The maximum atomic E-state index is 13.1. The molecule has 3 aromatic carbocycles. The Morgan fingerprint density at radius 2 is 1.55 bits per heavy atom. The summed E-state index contributed by atoms with van der Waals surface area (Å²) < 4.78 is 20.0. The van der Waals surface area contributed by atoms with Crippen LogP contribution in [0.15, 0.2) is 78.5 Å². The maximum absolute atomic E-state index is 13.1. The summed E-state index contributed by atoms with van der Waals surface area (Å²) in [6.45, 7) is 0.540. The number of ether oxygens (including phenoxy) is 1. The van der Waals surface area contributed by atoms with Crippen LogP contribution in [0.3, 0.4) is 0 Å². The van der Waals surface area contributed by atoms with Crippen molar-refractivity contribution in [1.29, 1.82) is 0 Å². The zero-order valence-electron chi connectivity index (χ0n) is 16.3. The number of halogens is 2. The Morgan fingerprint density at radius 3 is 2.23 bits per heavy atom. The number of benzene rings is 3. The summed E-state index contributed by atoms with van der Waals surface area (Å²) in [7, 11) is 0. The van der Waals surface area contributed by atoms with E-state index in [1.54, 1.807) is 18.2 Å². The third-order valence-electron chi connectivity index (χ3n) is 4.73. The SMILES string of the molecule is O=C1N/C(=C/c2ccc(OCc3ccc(I)cc3)cc2)C(=O)N1Cc1ccc(F)cc1. The van der Waals surface area contributed by atoms with Gasteiger partial charge in [-0.25, -0.2) is 9.18 Å². The number of nitrogens with zero attached hydrogens (tertiary/aromatic N) is 1. The van der Waals surface area contributed by atoms with E-state index < -0.39 is 11.9 Å². The molecule has 4 rings (SSSR count). The number of carbonyl (C=O) groups excluding carboxylic acids is 2. The molecule has 1 heterocycles. The molecular formula is C24H18FIN2O3. The van der Waals surface area contributed by atoms with Crippen LogP contribution in [0.4, 0.5) is 9.18 Å². The van der Waals surface area contributed by atoms with Crippen LogP contribution >= 0.6 is 22.6 Å². The first kappa shape index (κ1) is 21.0. The third-order valence-corrected chi connectivity index (χ3v) is 5.45. The van der Waals surface area contributed by atoms with Crippen LogP contribution in [0, 0.1) is 9.39 Å². The van der Waals surface area contributed by atoms with Crippen LogP contribution in [-0.4, -0.2) is 16.8 Å². The van der Waals surface area contributed by atoms with Gasteiger partial charge in [0.1, 0.15) is 23.9 Å². The van der Waals surface area contributed by atoms with E-state index in [4.69, 9.17) is 4.74 Å². The first-order chi connectivity index (χ1) is 15.0. The summed E-state index contributed by atoms with van der Waals surface area (Å²) in [5, 5.41) is 2.59. The van der Waals surface area contributed by atoms with Gasteiger partial charge in [-0.05, 0) is 81.8 Å². The van der Waals surface area contributed by atoms with Gasteiger partial charge in [0.25, 0.3) is 5.91 Å². The molecule has 5 nitrogen and oxygen atoms in total. The van der Waals surface area contributed by atoms with Crippen molar-refractivity contribution in [2.75, 3.05) is 0 Å². The second-order valence-electron chi connectivity index (χ2n) is 6.99. The van der Waals surface area contributed by atoms with E-state index in [1.165, 1.54) is 15.7 Å². The first-order valence-corrected chi connectivity index (χ1v) is 10.6. The molecule has 7 heteroatoms. The molecule has 0 bridgehead atoms. The molecule has 3 amide bonds. The second kappa shape index (κ2) is 9.30. The Bertz CT molecular complexity index is 1130. The normalized spacial score (nSPS) is 14.8. The van der Waals surface area contributed by atoms with Crippen molar-refractivity contribution in [2.45, 2.75) is 13.2 Å². The monoisotopic (exact) mass is 528 g/mol. The van der Waals surface area contributed by atoms with Crippen molar-refractivity contribution in [1.82, 2.24) is 10.2 Å². The first-order valence-electron chi connectivity index (χ1n) is 9.54. The fraction of sp³-hybridized carbons (Fsp3) is 0.0833. The molecule has 0 aliphatic carbocycles. The Hall–Kier alpha value is -3.20. The Morgan fingerprint density at radius 1 is 0.903 bits per heavy atom. The number of hydrogen-bond acceptors (Lipinski definition) is 3. The van der Waals surface area contributed by atoms with Crippen LogP contribution in [0.5, 0.6) is 5.75 Å². The topological polar surface area (TPSA) is 58.6 Å². The van der Waals surface area contributed by atoms with E-state index >= 15 is 0 Å². The van der Waals surface area contributed by atoms with Crippen LogP contribution < -0.4 is 10.1 Å². The summed E-state index contributed by atoms with van der Waals surface area (Å²) in [5.41, 5.74) is 2.70. The smallest absolute Gasteiger partial charge is 0.329 e. The zero-order valence-corrected chi connectivity index (χ0v) is 18.5. The minimum Gasteiger partial charge on any atom is -0.489 e. The van der Waals surface area contributed by atoms with Crippen LogP contribution in [0.25, 0.3) is 6.08 Å². The molecule has 1 aliphatic rings. The standard InChI is InChI=1S/C24H18FIN2O3/c25-19-7-1-17(2-8-19)14-28-23(29)22(27-24(28)30)13-16-5-11-21(12-6-16)31-15-18-3-9-20(26)10-4-18/h1-13H,14-15H2,(H,27,30)/b22-13+. The molecule has 1 N–H and O–H groups in total. The molecule has 0 radical (unpaired) electrons. The predicted octanol–water partition coefficient (Wildman–Crippen LogP) is 5.10. The van der Waals surface area contributed by atoms with E-state index in [-0.39, 0.29) is 18.1 Å². The van der Waals surface area contributed by atoms with Crippen molar-refractivity contribution >= 4 is 40.6 Å². The number of nitrogens with one attached hydrogen (secondary N) is 1. The molecule has 1 saturated heterocycles. The van der Waals surface area contributed by atoms with Crippen molar-refractivity contribution < 1.29 is 18.7 Å². The van der Waals surface area contributed by atoms with Gasteiger partial charge in [-0.3, -0.25) is 9.69 Å². The fourth-order valence-electron chi connectivity index (χ4n) is 3.06. The lowest BCUT2D eigenvalue weighted by molar-refractivity contribution is -0.123. The summed E-state index contributed by atoms with van der Waals surface area (Å²) in [6.07, 6.45) is 1.62. The fourth-order valence-corrected chi connectivity index (χ4v) is 3.42. The number of urea groups is 1. The van der Waals surface area contributed by atoms with Gasteiger partial charge >= 0.3 is 6.03 Å². The lowest BCUT2D eigenvalue weighted by Gasteiger charge is -2.11. The average Bonchev–Trinajstić information content (AvgIpc) is 3.03. The largest absolute Gasteiger partial charge is 0.489 e. The van der Waals surface area contributed by atoms with E-state index in [2.05, 4.69) is 27.9 Å². The highest BCUT2D eigenvalue weighted by atomic mass is 127. The summed E-state index contributed by atoms with van der Waals surface area (Å²) in [6, 6.07) is 20.6. The van der Waals surface area contributed by atoms with Crippen LogP contribution in [-0.2, 0) is 17.9 Å². The molecule has 1 aliphatic heterocycles. The number of rotatable bonds is 6. The molecule has 0 saturated carbocycles. The summed E-state index contributed by atoms with van der Waals surface area (Å²) >= 11 is 2.26. The van der Waals surface area contributed by atoms with Gasteiger partial charge in [0, 0.05) is 3.57 Å². The van der Waals surface area contributed by atoms with E-state index in [1.807, 2.05) is 48.5 Å². The highest BCUT2D eigenvalue weighted by molar-refractivity contribution is 14.1. The molecule has 0 atom stereocenters. The Kier molecular flexibility index (Phi) is 6.31. The lowest BCUT2D eigenvalue weighted by Crippen LogP contribution is -2.30. The number of imide groups is 1. The predicted molar refractivity (Wildman–Crippen MR) is 123 cm³/mol. The van der Waals surface area contributed by atoms with Crippen molar-refractivity contribution in [3.8, 4) is 5.75 Å². The minimum absolute atomic E-state index is 0.0770. The second-order valence-corrected chi connectivity index (χ2v) is 8.24. The molecule has 0 aromatic heterocycles. The number of carbonyl (C=O) groups is 2. The highest BCUT2D eigenvalue weighted by Gasteiger charge is 2.33. The van der Waals surface area contributed by atoms with E-state index in [0.717, 1.165) is 16.0 Å². The molecule has 31 heavy (non-hydrogen) atoms. The minimum atomic E-state index is -0.502. The van der Waals surface area contributed by atoms with Gasteiger partial charge in [0.2, 0.25) is 0 Å². The third kappa shape index (κ3) is 5.29. The molecule has 156 valence electrons. The quantitative estimate of drug-likeness (QED) is 0.275. The number of hydrogen-bond donors (Lipinski definition) is 1. The van der Waals surface area contributed by atoms with Gasteiger partial charge < -0.3 is 10.1 Å². The van der Waals surface area contributed by atoms with E-state index in [9.17, 15) is 14.0 Å². The average molecular weight is 528 g/mol.